The average Bonchev–Trinajstić information content (AvgIpc) is 3.09. The standard InChI is InChI=1S/C22H15NO5/c24-21(13-28-22(25)14-7-9-18(10-8-14)23(26)27)17-6-5-16-11-15-3-1-2-4-19(15)20(16)12-17/h1-10,12H,11,13H2. The number of nitro groups is 1. The summed E-state index contributed by atoms with van der Waals surface area (Å²) in [7, 11) is 0. The largest absolute Gasteiger partial charge is 0.454 e. The number of esters is 1. The number of carbonyl (C=O) groups excluding carboxylic acids is 2. The Morgan fingerprint density at radius 2 is 1.57 bits per heavy atom. The molecule has 6 heteroatoms. The molecule has 3 aromatic rings. The summed E-state index contributed by atoms with van der Waals surface area (Å²) in [5.41, 5.74) is 5.06. The molecule has 0 atom stereocenters. The summed E-state index contributed by atoms with van der Waals surface area (Å²) in [5.74, 6) is -1.00. The maximum atomic E-state index is 12.5. The van der Waals surface area contributed by atoms with Crippen molar-refractivity contribution in [1.29, 1.82) is 0 Å². The Kier molecular flexibility index (Phi) is 4.45. The average molecular weight is 373 g/mol. The molecule has 0 saturated heterocycles. The van der Waals surface area contributed by atoms with Gasteiger partial charge < -0.3 is 4.74 Å². The van der Waals surface area contributed by atoms with Crippen molar-refractivity contribution in [2.24, 2.45) is 0 Å². The Hall–Kier alpha value is -3.80. The summed E-state index contributed by atoms with van der Waals surface area (Å²) in [6.07, 6.45) is 0.842. The molecule has 0 amide bonds. The van der Waals surface area contributed by atoms with Gasteiger partial charge >= 0.3 is 5.97 Å². The zero-order chi connectivity index (χ0) is 19.7. The second-order valence-electron chi connectivity index (χ2n) is 6.51. The van der Waals surface area contributed by atoms with Crippen LogP contribution in [-0.2, 0) is 11.2 Å². The van der Waals surface area contributed by atoms with Gasteiger partial charge in [0.15, 0.2) is 12.4 Å². The molecule has 0 fully saturated rings. The molecule has 1 aliphatic rings. The number of benzene rings is 3. The van der Waals surface area contributed by atoms with E-state index in [9.17, 15) is 19.7 Å². The Balaban J connectivity index is 1.45. The third-order valence-electron chi connectivity index (χ3n) is 4.77. The van der Waals surface area contributed by atoms with E-state index in [0.717, 1.165) is 17.5 Å². The summed E-state index contributed by atoms with van der Waals surface area (Å²) in [4.78, 5) is 34.6. The minimum atomic E-state index is -0.699. The van der Waals surface area contributed by atoms with E-state index in [1.807, 2.05) is 30.3 Å². The third-order valence-corrected chi connectivity index (χ3v) is 4.77. The molecule has 6 nitrogen and oxygen atoms in total. The van der Waals surface area contributed by atoms with E-state index in [2.05, 4.69) is 6.07 Å². The van der Waals surface area contributed by atoms with Gasteiger partial charge in [-0.05, 0) is 46.9 Å². The van der Waals surface area contributed by atoms with Gasteiger partial charge in [0.1, 0.15) is 0 Å². The maximum absolute atomic E-state index is 12.5. The fourth-order valence-electron chi connectivity index (χ4n) is 3.31. The van der Waals surface area contributed by atoms with E-state index < -0.39 is 17.5 Å². The lowest BCUT2D eigenvalue weighted by Gasteiger charge is -2.07. The maximum Gasteiger partial charge on any atom is 0.338 e. The molecule has 0 bridgehead atoms. The predicted molar refractivity (Wildman–Crippen MR) is 102 cm³/mol. The van der Waals surface area contributed by atoms with Gasteiger partial charge in [0, 0.05) is 17.7 Å². The SMILES string of the molecule is O=C(COC(=O)c1ccc([N+](=O)[O-])cc1)c1ccc2c(c1)-c1ccccc1C2. The number of Topliss-reactive ketones (excluding diaryl/α,β-unsaturated/α-hetero) is 1. The molecule has 0 aliphatic heterocycles. The Bertz CT molecular complexity index is 1100. The van der Waals surface area contributed by atoms with Crippen LogP contribution in [0.25, 0.3) is 11.1 Å². The van der Waals surface area contributed by atoms with Gasteiger partial charge in [-0.1, -0.05) is 36.4 Å². The molecule has 3 aromatic carbocycles. The summed E-state index contributed by atoms with van der Waals surface area (Å²) < 4.78 is 5.08. The number of nitrogens with zero attached hydrogens (tertiary/aromatic N) is 1. The molecule has 0 unspecified atom stereocenters. The number of nitro benzene ring substituents is 1. The second-order valence-corrected chi connectivity index (χ2v) is 6.51. The summed E-state index contributed by atoms with van der Waals surface area (Å²) in [6, 6.07) is 18.6. The number of non-ortho nitro benzene ring substituents is 1. The number of carbonyl (C=O) groups is 2. The van der Waals surface area contributed by atoms with Gasteiger partial charge in [0.2, 0.25) is 0 Å². The lowest BCUT2D eigenvalue weighted by atomic mass is 10.0. The first kappa shape index (κ1) is 17.6. The van der Waals surface area contributed by atoms with Crippen molar-refractivity contribution in [2.75, 3.05) is 6.61 Å². The van der Waals surface area contributed by atoms with Crippen molar-refractivity contribution < 1.29 is 19.2 Å². The first-order chi connectivity index (χ1) is 13.5. The highest BCUT2D eigenvalue weighted by Crippen LogP contribution is 2.36. The first-order valence-corrected chi connectivity index (χ1v) is 8.69. The molecule has 0 radical (unpaired) electrons. The van der Waals surface area contributed by atoms with Crippen LogP contribution in [0, 0.1) is 10.1 Å². The Morgan fingerprint density at radius 3 is 2.32 bits per heavy atom. The van der Waals surface area contributed by atoms with E-state index >= 15 is 0 Å². The summed E-state index contributed by atoms with van der Waals surface area (Å²) in [5, 5.41) is 10.7. The van der Waals surface area contributed by atoms with Crippen molar-refractivity contribution in [1.82, 2.24) is 0 Å². The van der Waals surface area contributed by atoms with E-state index in [4.69, 9.17) is 4.74 Å². The number of rotatable bonds is 5. The van der Waals surface area contributed by atoms with Gasteiger partial charge in [0.25, 0.3) is 5.69 Å². The Labute approximate surface area is 160 Å². The molecule has 0 saturated carbocycles. The fraction of sp³-hybridized carbons (Fsp3) is 0.0909. The molecular weight excluding hydrogens is 358 g/mol. The van der Waals surface area contributed by atoms with Crippen molar-refractivity contribution in [3.63, 3.8) is 0 Å². The van der Waals surface area contributed by atoms with Gasteiger partial charge in [0.05, 0.1) is 10.5 Å². The Morgan fingerprint density at radius 1 is 0.893 bits per heavy atom. The minimum absolute atomic E-state index is 0.119. The van der Waals surface area contributed by atoms with Crippen LogP contribution in [0.3, 0.4) is 0 Å². The highest BCUT2D eigenvalue weighted by molar-refractivity contribution is 6.00. The van der Waals surface area contributed by atoms with Gasteiger partial charge in [-0.2, -0.15) is 0 Å². The van der Waals surface area contributed by atoms with Crippen LogP contribution < -0.4 is 0 Å². The van der Waals surface area contributed by atoms with Crippen LogP contribution in [-0.4, -0.2) is 23.3 Å². The predicted octanol–water partition coefficient (Wildman–Crippen LogP) is 4.21. The highest BCUT2D eigenvalue weighted by atomic mass is 16.6. The van der Waals surface area contributed by atoms with Crippen LogP contribution in [0.5, 0.6) is 0 Å². The van der Waals surface area contributed by atoms with E-state index in [-0.39, 0.29) is 17.0 Å². The smallest absolute Gasteiger partial charge is 0.338 e. The second kappa shape index (κ2) is 7.08. The summed E-state index contributed by atoms with van der Waals surface area (Å²) >= 11 is 0. The number of hydrogen-bond acceptors (Lipinski definition) is 5. The molecule has 138 valence electrons. The molecule has 0 aromatic heterocycles. The van der Waals surface area contributed by atoms with Crippen molar-refractivity contribution in [2.45, 2.75) is 6.42 Å². The monoisotopic (exact) mass is 373 g/mol. The molecule has 1 aliphatic carbocycles. The summed E-state index contributed by atoms with van der Waals surface area (Å²) in [6.45, 7) is -0.393. The van der Waals surface area contributed by atoms with Gasteiger partial charge in [-0.15, -0.1) is 0 Å². The van der Waals surface area contributed by atoms with Crippen molar-refractivity contribution in [3.8, 4) is 11.1 Å². The molecule has 0 spiro atoms. The molecule has 28 heavy (non-hydrogen) atoms. The number of hydrogen-bond donors (Lipinski definition) is 0. The lowest BCUT2D eigenvalue weighted by Crippen LogP contribution is -2.14. The zero-order valence-corrected chi connectivity index (χ0v) is 14.8. The topological polar surface area (TPSA) is 86.5 Å². The number of ether oxygens (including phenoxy) is 1. The van der Waals surface area contributed by atoms with E-state index in [0.29, 0.717) is 5.56 Å². The van der Waals surface area contributed by atoms with Crippen LogP contribution in [0.2, 0.25) is 0 Å². The first-order valence-electron chi connectivity index (χ1n) is 8.69. The number of fused-ring (bicyclic) bond motifs is 3. The zero-order valence-electron chi connectivity index (χ0n) is 14.8. The van der Waals surface area contributed by atoms with Crippen LogP contribution in [0.15, 0.2) is 66.7 Å². The quantitative estimate of drug-likeness (QED) is 0.226. The van der Waals surface area contributed by atoms with Gasteiger partial charge in [-0.3, -0.25) is 14.9 Å². The normalized spacial score (nSPS) is 11.4. The van der Waals surface area contributed by atoms with E-state index in [1.165, 1.54) is 35.4 Å². The van der Waals surface area contributed by atoms with E-state index in [1.54, 1.807) is 6.07 Å². The van der Waals surface area contributed by atoms with Crippen LogP contribution in [0.4, 0.5) is 5.69 Å². The van der Waals surface area contributed by atoms with Crippen molar-refractivity contribution >= 4 is 17.4 Å². The lowest BCUT2D eigenvalue weighted by molar-refractivity contribution is -0.384. The van der Waals surface area contributed by atoms with Crippen LogP contribution >= 0.6 is 0 Å². The fourth-order valence-corrected chi connectivity index (χ4v) is 3.31. The minimum Gasteiger partial charge on any atom is -0.454 e. The van der Waals surface area contributed by atoms with Gasteiger partial charge in [-0.25, -0.2) is 4.79 Å². The van der Waals surface area contributed by atoms with Crippen LogP contribution in [0.1, 0.15) is 31.8 Å². The molecule has 0 N–H and O–H groups in total. The number of ketones is 1. The molecule has 4 rings (SSSR count). The third kappa shape index (κ3) is 3.27. The van der Waals surface area contributed by atoms with Crippen molar-refractivity contribution in [3.05, 3.63) is 99.1 Å². The highest BCUT2D eigenvalue weighted by Gasteiger charge is 2.20. The molecular formula is C22H15NO5. The molecule has 0 heterocycles.